The van der Waals surface area contributed by atoms with Crippen molar-refractivity contribution < 1.29 is 4.92 Å². The fourth-order valence-corrected chi connectivity index (χ4v) is 1.34. The van der Waals surface area contributed by atoms with Crippen molar-refractivity contribution in [2.45, 2.75) is 4.90 Å². The molecule has 0 N–H and O–H groups in total. The number of thioether (sulfide) groups is 1. The van der Waals surface area contributed by atoms with E-state index in [4.69, 9.17) is 5.26 Å². The second kappa shape index (κ2) is 4.48. The fourth-order valence-electron chi connectivity index (χ4n) is 0.780. The van der Waals surface area contributed by atoms with Crippen molar-refractivity contribution in [3.63, 3.8) is 0 Å². The first kappa shape index (κ1) is 9.55. The second-order valence-electron chi connectivity index (χ2n) is 2.20. The van der Waals surface area contributed by atoms with Crippen LogP contribution in [-0.4, -0.2) is 10.7 Å². The summed E-state index contributed by atoms with van der Waals surface area (Å²) in [7, 11) is 0. The van der Waals surface area contributed by atoms with E-state index >= 15 is 0 Å². The lowest BCUT2D eigenvalue weighted by Gasteiger charge is -1.95. The van der Waals surface area contributed by atoms with Gasteiger partial charge in [0.05, 0.1) is 16.7 Å². The van der Waals surface area contributed by atoms with Gasteiger partial charge < -0.3 is 0 Å². The van der Waals surface area contributed by atoms with Crippen molar-refractivity contribution in [2.75, 3.05) is 5.75 Å². The quantitative estimate of drug-likeness (QED) is 0.420. The maximum Gasteiger partial charge on any atom is 0.269 e. The van der Waals surface area contributed by atoms with Gasteiger partial charge in [-0.05, 0) is 12.1 Å². The number of non-ortho nitro benzene ring substituents is 1. The highest BCUT2D eigenvalue weighted by Crippen LogP contribution is 2.20. The molecule has 0 spiro atoms. The zero-order valence-electron chi connectivity index (χ0n) is 6.64. The SMILES string of the molecule is N#CCSc1ccc([N+](=O)[O-])cc1. The minimum atomic E-state index is -0.446. The van der Waals surface area contributed by atoms with Crippen LogP contribution in [0.25, 0.3) is 0 Å². The lowest BCUT2D eigenvalue weighted by molar-refractivity contribution is -0.384. The molecule has 0 unspecified atom stereocenters. The molecule has 4 nitrogen and oxygen atoms in total. The number of benzene rings is 1. The Morgan fingerprint density at radius 3 is 2.54 bits per heavy atom. The number of nitro groups is 1. The van der Waals surface area contributed by atoms with Crippen LogP contribution >= 0.6 is 11.8 Å². The summed E-state index contributed by atoms with van der Waals surface area (Å²) in [4.78, 5) is 10.7. The molecule has 0 fully saturated rings. The van der Waals surface area contributed by atoms with Crippen molar-refractivity contribution >= 4 is 17.4 Å². The predicted molar refractivity (Wildman–Crippen MR) is 49.4 cm³/mol. The van der Waals surface area contributed by atoms with Gasteiger partial charge >= 0.3 is 0 Å². The predicted octanol–water partition coefficient (Wildman–Crippen LogP) is 2.21. The van der Waals surface area contributed by atoms with E-state index in [-0.39, 0.29) is 5.69 Å². The lowest BCUT2D eigenvalue weighted by Crippen LogP contribution is -1.86. The number of nitriles is 1. The van der Waals surface area contributed by atoms with Gasteiger partial charge in [0.1, 0.15) is 0 Å². The smallest absolute Gasteiger partial charge is 0.258 e. The summed E-state index contributed by atoms with van der Waals surface area (Å²) >= 11 is 1.36. The molecule has 1 aromatic carbocycles. The van der Waals surface area contributed by atoms with E-state index in [1.807, 2.05) is 6.07 Å². The Balaban J connectivity index is 2.71. The highest BCUT2D eigenvalue weighted by molar-refractivity contribution is 7.99. The molecule has 0 atom stereocenters. The van der Waals surface area contributed by atoms with Crippen molar-refractivity contribution in [2.24, 2.45) is 0 Å². The molecule has 13 heavy (non-hydrogen) atoms. The van der Waals surface area contributed by atoms with Gasteiger partial charge in [0.15, 0.2) is 0 Å². The summed E-state index contributed by atoms with van der Waals surface area (Å²) < 4.78 is 0. The second-order valence-corrected chi connectivity index (χ2v) is 3.25. The van der Waals surface area contributed by atoms with Crippen LogP contribution in [0.15, 0.2) is 29.2 Å². The molecule has 0 saturated carbocycles. The third-order valence-corrected chi connectivity index (χ3v) is 2.23. The maximum atomic E-state index is 10.3. The van der Waals surface area contributed by atoms with Crippen molar-refractivity contribution in [3.8, 4) is 6.07 Å². The van der Waals surface area contributed by atoms with Crippen LogP contribution in [0, 0.1) is 21.4 Å². The van der Waals surface area contributed by atoms with Crippen molar-refractivity contribution in [3.05, 3.63) is 34.4 Å². The Kier molecular flexibility index (Phi) is 3.29. The van der Waals surface area contributed by atoms with E-state index in [1.54, 1.807) is 12.1 Å². The normalized spacial score (nSPS) is 9.15. The zero-order chi connectivity index (χ0) is 9.68. The topological polar surface area (TPSA) is 66.9 Å². The molecular formula is C8H6N2O2S. The van der Waals surface area contributed by atoms with Crippen LogP contribution in [0.4, 0.5) is 5.69 Å². The Labute approximate surface area is 79.3 Å². The summed E-state index contributed by atoms with van der Waals surface area (Å²) in [5, 5.41) is 18.6. The van der Waals surface area contributed by atoms with Gasteiger partial charge in [-0.15, -0.1) is 11.8 Å². The Hall–Kier alpha value is -1.54. The largest absolute Gasteiger partial charge is 0.269 e. The van der Waals surface area contributed by atoms with Crippen LogP contribution in [0.1, 0.15) is 0 Å². The molecule has 1 rings (SSSR count). The van der Waals surface area contributed by atoms with E-state index in [0.717, 1.165) is 4.90 Å². The number of nitrogens with zero attached hydrogens (tertiary/aromatic N) is 2. The lowest BCUT2D eigenvalue weighted by atomic mass is 10.3. The Bertz CT molecular complexity index is 342. The molecule has 5 heteroatoms. The first-order valence-electron chi connectivity index (χ1n) is 3.48. The molecule has 0 radical (unpaired) electrons. The molecule has 0 amide bonds. The first-order valence-corrected chi connectivity index (χ1v) is 4.47. The monoisotopic (exact) mass is 194 g/mol. The number of rotatable bonds is 3. The van der Waals surface area contributed by atoms with Crippen LogP contribution < -0.4 is 0 Å². The van der Waals surface area contributed by atoms with Gasteiger partial charge in [-0.25, -0.2) is 0 Å². The molecule has 0 aliphatic rings. The van der Waals surface area contributed by atoms with Crippen LogP contribution in [0.5, 0.6) is 0 Å². The molecule has 0 aliphatic heterocycles. The summed E-state index contributed by atoms with van der Waals surface area (Å²) in [6.07, 6.45) is 0. The van der Waals surface area contributed by atoms with Crippen molar-refractivity contribution in [1.82, 2.24) is 0 Å². The van der Waals surface area contributed by atoms with Crippen LogP contribution in [0.2, 0.25) is 0 Å². The van der Waals surface area contributed by atoms with Crippen molar-refractivity contribution in [1.29, 1.82) is 5.26 Å². The summed E-state index contributed by atoms with van der Waals surface area (Å²) in [5.41, 5.74) is 0.0707. The number of hydrogen-bond acceptors (Lipinski definition) is 4. The van der Waals surface area contributed by atoms with Gasteiger partial charge in [-0.3, -0.25) is 10.1 Å². The third kappa shape index (κ3) is 2.76. The Morgan fingerprint density at radius 1 is 1.46 bits per heavy atom. The van der Waals surface area contributed by atoms with E-state index in [2.05, 4.69) is 0 Å². The Morgan fingerprint density at radius 2 is 2.08 bits per heavy atom. The molecule has 0 aliphatic carbocycles. The summed E-state index contributed by atoms with van der Waals surface area (Å²) in [5.74, 6) is 0.359. The molecule has 0 bridgehead atoms. The summed E-state index contributed by atoms with van der Waals surface area (Å²) in [6.45, 7) is 0. The van der Waals surface area contributed by atoms with E-state index < -0.39 is 4.92 Å². The van der Waals surface area contributed by atoms with E-state index in [1.165, 1.54) is 23.9 Å². The molecular weight excluding hydrogens is 188 g/mol. The minimum Gasteiger partial charge on any atom is -0.258 e. The number of nitro benzene ring substituents is 1. The average Bonchev–Trinajstić information content (AvgIpc) is 2.15. The first-order chi connectivity index (χ1) is 6.24. The van der Waals surface area contributed by atoms with Gasteiger partial charge in [-0.2, -0.15) is 5.26 Å². The third-order valence-electron chi connectivity index (χ3n) is 1.35. The molecule has 0 aromatic heterocycles. The molecule has 66 valence electrons. The standard InChI is InChI=1S/C8H6N2O2S/c9-5-6-13-8-3-1-7(2-4-8)10(11)12/h1-4H,6H2. The van der Waals surface area contributed by atoms with Gasteiger partial charge in [0.25, 0.3) is 5.69 Å². The van der Waals surface area contributed by atoms with Gasteiger partial charge in [0, 0.05) is 17.0 Å². The summed E-state index contributed by atoms with van der Waals surface area (Å²) in [6, 6.07) is 8.12. The highest BCUT2D eigenvalue weighted by atomic mass is 32.2. The fraction of sp³-hybridized carbons (Fsp3) is 0.125. The minimum absolute atomic E-state index is 0.0707. The maximum absolute atomic E-state index is 10.3. The highest BCUT2D eigenvalue weighted by Gasteiger charge is 2.03. The van der Waals surface area contributed by atoms with Gasteiger partial charge in [-0.1, -0.05) is 0 Å². The van der Waals surface area contributed by atoms with Crippen LogP contribution in [-0.2, 0) is 0 Å². The van der Waals surface area contributed by atoms with E-state index in [9.17, 15) is 10.1 Å². The molecule has 1 aromatic rings. The molecule has 0 heterocycles. The molecule has 0 saturated heterocycles. The number of hydrogen-bond donors (Lipinski definition) is 0. The zero-order valence-corrected chi connectivity index (χ0v) is 7.45. The van der Waals surface area contributed by atoms with Crippen LogP contribution in [0.3, 0.4) is 0 Å². The average molecular weight is 194 g/mol. The van der Waals surface area contributed by atoms with E-state index in [0.29, 0.717) is 5.75 Å². The van der Waals surface area contributed by atoms with Gasteiger partial charge in [0.2, 0.25) is 0 Å².